The highest BCUT2D eigenvalue weighted by atomic mass is 15.3. The standard InChI is InChI=1S/C71H47N9/c1-8-26-48(27-9-1)56-46-57(49-28-10-2-11-29-49)73-69(72-56)55-44-45-64(66(65(55)52-34-16-5-17-35-52)70-77-67(53-36-18-6-19-37-53)76-68(78-70)54-38-20-7-21-39-54)79-60-40-22-24-42-62(60)80(63-43-25-23-41-61(63)79)71-74-58(50-30-12-3-13-31-50)47-59(75-71)51-32-14-4-15-33-51/h1-47H. The molecule has 80 heavy (non-hydrogen) atoms. The molecule has 13 aromatic rings. The number of aromatic nitrogens is 7. The van der Waals surface area contributed by atoms with Crippen LogP contribution >= 0.6 is 0 Å². The Morgan fingerprint density at radius 2 is 0.512 bits per heavy atom. The third kappa shape index (κ3) is 9.00. The Kier molecular flexibility index (Phi) is 12.3. The van der Waals surface area contributed by atoms with Crippen LogP contribution in [0.4, 0.5) is 34.4 Å². The number of hydrogen-bond donors (Lipinski definition) is 0. The summed E-state index contributed by atoms with van der Waals surface area (Å²) in [4.78, 5) is 42.5. The first kappa shape index (κ1) is 47.4. The second-order valence-corrected chi connectivity index (χ2v) is 19.3. The number of nitrogens with zero attached hydrogens (tertiary/aromatic N) is 9. The topological polar surface area (TPSA) is 96.7 Å². The molecule has 0 bridgehead atoms. The molecule has 0 N–H and O–H groups in total. The molecular weight excluding hydrogens is 979 g/mol. The van der Waals surface area contributed by atoms with Crippen molar-refractivity contribution in [2.24, 2.45) is 0 Å². The van der Waals surface area contributed by atoms with Crippen molar-refractivity contribution in [3.8, 4) is 102 Å². The maximum Gasteiger partial charge on any atom is 0.235 e. The Balaban J connectivity index is 1.07. The van der Waals surface area contributed by atoms with Gasteiger partial charge in [-0.05, 0) is 54.1 Å². The van der Waals surface area contributed by atoms with Gasteiger partial charge in [-0.1, -0.05) is 237 Å². The van der Waals surface area contributed by atoms with Gasteiger partial charge in [0.15, 0.2) is 23.3 Å². The molecule has 0 amide bonds. The third-order valence-electron chi connectivity index (χ3n) is 14.3. The molecule has 0 unspecified atom stereocenters. The summed E-state index contributed by atoms with van der Waals surface area (Å²) in [6.45, 7) is 0. The van der Waals surface area contributed by atoms with Gasteiger partial charge < -0.3 is 4.90 Å². The zero-order valence-electron chi connectivity index (χ0n) is 43.2. The maximum atomic E-state index is 5.54. The van der Waals surface area contributed by atoms with E-state index < -0.39 is 0 Å². The van der Waals surface area contributed by atoms with E-state index in [4.69, 9.17) is 34.9 Å². The second-order valence-electron chi connectivity index (χ2n) is 19.3. The lowest BCUT2D eigenvalue weighted by atomic mass is 9.90. The predicted octanol–water partition coefficient (Wildman–Crippen LogP) is 17.7. The largest absolute Gasteiger partial charge is 0.306 e. The van der Waals surface area contributed by atoms with Crippen molar-refractivity contribution in [1.29, 1.82) is 0 Å². The van der Waals surface area contributed by atoms with Gasteiger partial charge in [0.1, 0.15) is 0 Å². The predicted molar refractivity (Wildman–Crippen MR) is 323 cm³/mol. The molecule has 9 heteroatoms. The van der Waals surface area contributed by atoms with Crippen LogP contribution in [-0.2, 0) is 0 Å². The normalized spacial score (nSPS) is 11.7. The zero-order chi connectivity index (χ0) is 53.2. The molecule has 0 atom stereocenters. The highest BCUT2D eigenvalue weighted by Gasteiger charge is 2.35. The Morgan fingerprint density at radius 3 is 0.900 bits per heavy atom. The molecule has 0 radical (unpaired) electrons. The van der Waals surface area contributed by atoms with E-state index in [1.165, 1.54) is 0 Å². The van der Waals surface area contributed by atoms with Crippen molar-refractivity contribution < 1.29 is 0 Å². The fourth-order valence-electron chi connectivity index (χ4n) is 10.6. The van der Waals surface area contributed by atoms with E-state index in [1.54, 1.807) is 0 Å². The molecule has 376 valence electrons. The first-order valence-electron chi connectivity index (χ1n) is 26.6. The van der Waals surface area contributed by atoms with Gasteiger partial charge >= 0.3 is 0 Å². The van der Waals surface area contributed by atoms with Crippen LogP contribution in [0.5, 0.6) is 0 Å². The smallest absolute Gasteiger partial charge is 0.235 e. The molecule has 4 heterocycles. The highest BCUT2D eigenvalue weighted by molar-refractivity contribution is 6.07. The monoisotopic (exact) mass is 1030 g/mol. The van der Waals surface area contributed by atoms with Gasteiger partial charge in [-0.3, -0.25) is 4.90 Å². The molecule has 0 spiro atoms. The van der Waals surface area contributed by atoms with Crippen LogP contribution in [0.25, 0.3) is 102 Å². The number of fused-ring (bicyclic) bond motifs is 2. The van der Waals surface area contributed by atoms with Gasteiger partial charge in [0, 0.05) is 44.5 Å². The number of hydrogen-bond acceptors (Lipinski definition) is 9. The van der Waals surface area contributed by atoms with Crippen LogP contribution in [0.1, 0.15) is 0 Å². The summed E-state index contributed by atoms with van der Waals surface area (Å²) in [6, 6.07) is 97.3. The van der Waals surface area contributed by atoms with Crippen molar-refractivity contribution in [2.45, 2.75) is 0 Å². The molecule has 10 aromatic carbocycles. The molecule has 0 saturated heterocycles. The maximum absolute atomic E-state index is 5.54. The minimum atomic E-state index is 0.472. The van der Waals surface area contributed by atoms with E-state index in [0.29, 0.717) is 29.2 Å². The molecule has 9 nitrogen and oxygen atoms in total. The molecule has 1 aliphatic rings. The van der Waals surface area contributed by atoms with Crippen molar-refractivity contribution >= 4 is 34.4 Å². The van der Waals surface area contributed by atoms with Gasteiger partial charge in [0.2, 0.25) is 5.95 Å². The van der Waals surface area contributed by atoms with Gasteiger partial charge in [0.25, 0.3) is 0 Å². The second kappa shape index (κ2) is 20.8. The summed E-state index contributed by atoms with van der Waals surface area (Å²) in [5.74, 6) is 2.63. The molecule has 0 fully saturated rings. The van der Waals surface area contributed by atoms with Crippen LogP contribution < -0.4 is 9.80 Å². The summed E-state index contributed by atoms with van der Waals surface area (Å²) in [5, 5.41) is 0. The Hall–Kier alpha value is -11.0. The number of anilines is 6. The number of rotatable bonds is 11. The SMILES string of the molecule is c1ccc(-c2cc(-c3ccccc3)nc(-c3ccc(N4c5ccccc5N(c5nc(-c6ccccc6)cc(-c6ccccc6)n5)c5ccccc54)c(-c4nc(-c5ccccc5)nc(-c5ccccc5)n4)c3-c3ccccc3)n2)cc1. The summed E-state index contributed by atoms with van der Waals surface area (Å²) in [5.41, 5.74) is 16.5. The zero-order valence-corrected chi connectivity index (χ0v) is 43.2. The lowest BCUT2D eigenvalue weighted by Crippen LogP contribution is -2.26. The van der Waals surface area contributed by atoms with Crippen LogP contribution in [0.3, 0.4) is 0 Å². The Labute approximate surface area is 463 Å². The molecule has 14 rings (SSSR count). The van der Waals surface area contributed by atoms with Crippen molar-refractivity contribution in [3.63, 3.8) is 0 Å². The first-order valence-corrected chi connectivity index (χ1v) is 26.6. The van der Waals surface area contributed by atoms with E-state index >= 15 is 0 Å². The van der Waals surface area contributed by atoms with Crippen molar-refractivity contribution in [1.82, 2.24) is 34.9 Å². The molecule has 0 saturated carbocycles. The third-order valence-corrected chi connectivity index (χ3v) is 14.3. The summed E-state index contributed by atoms with van der Waals surface area (Å²) in [6.07, 6.45) is 0. The molecular formula is C71H47N9. The Morgan fingerprint density at radius 1 is 0.200 bits per heavy atom. The Bertz CT molecular complexity index is 4120. The summed E-state index contributed by atoms with van der Waals surface area (Å²) in [7, 11) is 0. The van der Waals surface area contributed by atoms with Gasteiger partial charge in [-0.15, -0.1) is 0 Å². The summed E-state index contributed by atoms with van der Waals surface area (Å²) >= 11 is 0. The first-order chi connectivity index (χ1) is 39.7. The fourth-order valence-corrected chi connectivity index (χ4v) is 10.6. The minimum Gasteiger partial charge on any atom is -0.306 e. The van der Waals surface area contributed by atoms with Gasteiger partial charge in [-0.25, -0.2) is 34.9 Å². The van der Waals surface area contributed by atoms with Crippen molar-refractivity contribution in [2.75, 3.05) is 9.80 Å². The quantitative estimate of drug-likeness (QED) is 0.125. The van der Waals surface area contributed by atoms with Crippen LogP contribution in [-0.4, -0.2) is 34.9 Å². The highest BCUT2D eigenvalue weighted by Crippen LogP contribution is 2.57. The minimum absolute atomic E-state index is 0.472. The van der Waals surface area contributed by atoms with Gasteiger partial charge in [0.05, 0.1) is 56.8 Å². The number of benzene rings is 10. The van der Waals surface area contributed by atoms with Crippen LogP contribution in [0.15, 0.2) is 285 Å². The number of para-hydroxylation sites is 4. The van der Waals surface area contributed by atoms with E-state index in [-0.39, 0.29) is 0 Å². The molecule has 0 aliphatic carbocycles. The molecule has 3 aromatic heterocycles. The fraction of sp³-hybridized carbons (Fsp3) is 0. The van der Waals surface area contributed by atoms with E-state index in [9.17, 15) is 0 Å². The van der Waals surface area contributed by atoms with E-state index in [0.717, 1.165) is 107 Å². The lowest BCUT2D eigenvalue weighted by Gasteiger charge is -2.40. The summed E-state index contributed by atoms with van der Waals surface area (Å²) < 4.78 is 0. The van der Waals surface area contributed by atoms with E-state index in [2.05, 4.69) is 155 Å². The average molecular weight is 1030 g/mol. The van der Waals surface area contributed by atoms with E-state index in [1.807, 2.05) is 140 Å². The van der Waals surface area contributed by atoms with Crippen molar-refractivity contribution in [3.05, 3.63) is 285 Å². The van der Waals surface area contributed by atoms with Crippen LogP contribution in [0, 0.1) is 0 Å². The van der Waals surface area contributed by atoms with Gasteiger partial charge in [-0.2, -0.15) is 0 Å². The lowest BCUT2D eigenvalue weighted by molar-refractivity contribution is 1.06. The average Bonchev–Trinajstić information content (AvgIpc) is 3.74. The molecule has 1 aliphatic heterocycles. The van der Waals surface area contributed by atoms with Crippen LogP contribution in [0.2, 0.25) is 0 Å².